The molecule has 19 nitrogen and oxygen atoms in total. The summed E-state index contributed by atoms with van der Waals surface area (Å²) in [6, 6.07) is 16.1. The number of nitrogens with zero attached hydrogens (tertiary/aromatic N) is 6. The van der Waals surface area contributed by atoms with E-state index >= 15 is 0 Å². The number of halogens is 2. The zero-order chi connectivity index (χ0) is 49.9. The molecule has 0 saturated carbocycles. The first-order valence-corrected chi connectivity index (χ1v) is 24.3. The molecule has 2 amide bonds. The molecule has 2 saturated heterocycles. The Labute approximate surface area is 392 Å². The van der Waals surface area contributed by atoms with Crippen molar-refractivity contribution in [3.8, 4) is 17.9 Å². The van der Waals surface area contributed by atoms with E-state index in [1.54, 1.807) is 56.9 Å². The summed E-state index contributed by atoms with van der Waals surface area (Å²) < 4.78 is 94.9. The van der Waals surface area contributed by atoms with E-state index in [9.17, 15) is 55.3 Å². The number of carbonyl (C=O) groups excluding carboxylic acids is 4. The molecule has 0 atom stereocenters. The van der Waals surface area contributed by atoms with Crippen LogP contribution in [-0.4, -0.2) is 97.1 Å². The number of pyridine rings is 2. The third kappa shape index (κ3) is 13.2. The van der Waals surface area contributed by atoms with Gasteiger partial charge in [-0.15, -0.1) is 0 Å². The lowest BCUT2D eigenvalue weighted by Crippen LogP contribution is -2.55. The van der Waals surface area contributed by atoms with Gasteiger partial charge in [-0.1, -0.05) is 18.2 Å². The number of benzene rings is 2. The zero-order valence-corrected chi connectivity index (χ0v) is 39.3. The average Bonchev–Trinajstić information content (AvgIpc) is 3.27. The first kappa shape index (κ1) is 51.7. The lowest BCUT2D eigenvalue weighted by atomic mass is 9.96. The van der Waals surface area contributed by atoms with Gasteiger partial charge in [0.25, 0.3) is 0 Å². The highest BCUT2D eigenvalue weighted by atomic mass is 32.2. The fraction of sp³-hybridized carbons (Fsp3) is 0.378. The molecule has 360 valence electrons. The number of nitriles is 2. The van der Waals surface area contributed by atoms with Crippen LogP contribution in [0.2, 0.25) is 0 Å². The molecule has 0 spiro atoms. The Morgan fingerprint density at radius 3 is 1.60 bits per heavy atom. The molecule has 6 rings (SSSR count). The molecule has 0 radical (unpaired) electrons. The molecule has 2 N–H and O–H groups in total. The molecule has 2 aromatic heterocycles. The van der Waals surface area contributed by atoms with Gasteiger partial charge >= 0.3 is 11.9 Å². The van der Waals surface area contributed by atoms with Crippen LogP contribution in [0, 0.1) is 60.0 Å². The Hall–Kier alpha value is -7.24. The molecule has 23 heteroatoms. The summed E-state index contributed by atoms with van der Waals surface area (Å²) in [5.41, 5.74) is 2.09. The summed E-state index contributed by atoms with van der Waals surface area (Å²) in [7, 11) is -6.47. The summed E-state index contributed by atoms with van der Waals surface area (Å²) in [4.78, 5) is 61.4. The van der Waals surface area contributed by atoms with E-state index in [1.165, 1.54) is 19.2 Å². The lowest BCUT2D eigenvalue weighted by molar-refractivity contribution is -0.124. The number of amides is 2. The summed E-state index contributed by atoms with van der Waals surface area (Å²) in [6.45, 7) is 8.04. The molecule has 4 aromatic rings. The van der Waals surface area contributed by atoms with Gasteiger partial charge in [-0.2, -0.15) is 10.5 Å². The monoisotopic (exact) mass is 978 g/mol. The average molecular weight is 979 g/mol. The van der Waals surface area contributed by atoms with Crippen LogP contribution < -0.4 is 24.0 Å². The van der Waals surface area contributed by atoms with Gasteiger partial charge in [-0.25, -0.2) is 45.2 Å². The summed E-state index contributed by atoms with van der Waals surface area (Å²) >= 11 is 0. The molecule has 4 heterocycles. The molecular formula is C45H48F2N8O11S2. The third-order valence-corrected chi connectivity index (χ3v) is 13.2. The second kappa shape index (κ2) is 22.5. The highest BCUT2D eigenvalue weighted by molar-refractivity contribution is 7.89. The highest BCUT2D eigenvalue weighted by Gasteiger charge is 2.37. The van der Waals surface area contributed by atoms with E-state index in [2.05, 4.69) is 20.8 Å². The van der Waals surface area contributed by atoms with Crippen LogP contribution in [0.3, 0.4) is 0 Å². The maximum atomic E-state index is 13.3. The second-order valence-corrected chi connectivity index (χ2v) is 19.0. The maximum absolute atomic E-state index is 13.3. The second-order valence-electron chi connectivity index (χ2n) is 15.6. The van der Waals surface area contributed by atoms with E-state index < -0.39 is 73.0 Å². The number of nitrogens with one attached hydrogen (secondary N) is 2. The highest BCUT2D eigenvalue weighted by Crippen LogP contribution is 2.30. The number of methoxy groups -OCH3 is 1. The summed E-state index contributed by atoms with van der Waals surface area (Å²) in [6.07, 6.45) is 0.796. The Kier molecular flexibility index (Phi) is 17.1. The van der Waals surface area contributed by atoms with Crippen LogP contribution >= 0.6 is 0 Å². The van der Waals surface area contributed by atoms with Crippen molar-refractivity contribution in [2.45, 2.75) is 52.0 Å². The lowest BCUT2D eigenvalue weighted by Gasteiger charge is -2.39. The van der Waals surface area contributed by atoms with Gasteiger partial charge in [0.05, 0.1) is 71.4 Å². The Bertz CT molecular complexity index is 2880. The Balaban J connectivity index is 0.000000255. The molecule has 2 fully saturated rings. The standard InChI is InChI=1S/C24H28N4O6S.C21H20F2N4O5S/c1-4-34-24(30)21-13-19(14-25)22(26-16(21)2)28-11-9-18(10-12-28)23(29)27-35(31,32)15-17-5-7-20(33-3)8-6-17;1-3-32-21(29)16-7-14(8-24)19(25-12(16)2)27-9-15(10-27)20(28)26-33(30,31)11-13-4-5-17(22)18(23)6-13/h5-8,13,18H,4,9-12,15H2,1-3H3,(H,27,29);4-7,15H,3,9-11H2,1-2H3,(H,26,28). The van der Waals surface area contributed by atoms with Crippen LogP contribution in [-0.2, 0) is 50.6 Å². The molecule has 2 aliphatic rings. The van der Waals surface area contributed by atoms with E-state index in [-0.39, 0.29) is 65.7 Å². The van der Waals surface area contributed by atoms with Crippen molar-refractivity contribution in [2.75, 3.05) is 56.3 Å². The van der Waals surface area contributed by atoms with Crippen LogP contribution in [0.5, 0.6) is 5.75 Å². The van der Waals surface area contributed by atoms with Gasteiger partial charge in [0.2, 0.25) is 31.9 Å². The fourth-order valence-corrected chi connectivity index (χ4v) is 9.51. The van der Waals surface area contributed by atoms with Crippen molar-refractivity contribution in [3.63, 3.8) is 0 Å². The number of rotatable bonds is 15. The van der Waals surface area contributed by atoms with Crippen molar-refractivity contribution in [1.29, 1.82) is 10.5 Å². The van der Waals surface area contributed by atoms with Crippen molar-refractivity contribution in [1.82, 2.24) is 19.4 Å². The van der Waals surface area contributed by atoms with E-state index in [0.717, 1.165) is 18.2 Å². The summed E-state index contributed by atoms with van der Waals surface area (Å²) in [5.74, 6) is -5.59. The van der Waals surface area contributed by atoms with E-state index in [1.807, 2.05) is 15.7 Å². The SMILES string of the molecule is CCOC(=O)c1cc(C#N)c(N2CC(C(=O)NS(=O)(=O)Cc3ccc(F)c(F)c3)C2)nc1C.CCOC(=O)c1cc(C#N)c(N2CCC(C(=O)NS(=O)(=O)Cc3ccc(OC)cc3)CC2)nc1C. The van der Waals surface area contributed by atoms with Gasteiger partial charge < -0.3 is 24.0 Å². The van der Waals surface area contributed by atoms with Gasteiger partial charge in [0, 0.05) is 32.1 Å². The van der Waals surface area contributed by atoms with Crippen molar-refractivity contribution >= 4 is 55.4 Å². The first-order valence-electron chi connectivity index (χ1n) is 21.0. The molecule has 0 unspecified atom stereocenters. The normalized spacial score (nSPS) is 14.0. The number of sulfonamides is 2. The zero-order valence-electron chi connectivity index (χ0n) is 37.7. The number of esters is 2. The number of anilines is 2. The quantitative estimate of drug-likeness (QED) is 0.159. The summed E-state index contributed by atoms with van der Waals surface area (Å²) in [5, 5.41) is 19.0. The topological polar surface area (TPSA) is 268 Å². The smallest absolute Gasteiger partial charge is 0.340 e. The molecule has 2 aromatic carbocycles. The predicted octanol–water partition coefficient (Wildman–Crippen LogP) is 4.11. The van der Waals surface area contributed by atoms with Gasteiger partial charge in [0.1, 0.15) is 29.5 Å². The van der Waals surface area contributed by atoms with Crippen LogP contribution in [0.1, 0.15) is 81.0 Å². The van der Waals surface area contributed by atoms with Gasteiger partial charge in [0.15, 0.2) is 11.6 Å². The predicted molar refractivity (Wildman–Crippen MR) is 241 cm³/mol. The van der Waals surface area contributed by atoms with Gasteiger partial charge in [-0.3, -0.25) is 19.0 Å². The van der Waals surface area contributed by atoms with Crippen molar-refractivity contribution in [3.05, 3.63) is 111 Å². The number of aromatic nitrogens is 2. The maximum Gasteiger partial charge on any atom is 0.340 e. The Morgan fingerprint density at radius 2 is 1.15 bits per heavy atom. The largest absolute Gasteiger partial charge is 0.497 e. The molecule has 0 aliphatic carbocycles. The number of aryl methyl sites for hydroxylation is 2. The van der Waals surface area contributed by atoms with Crippen LogP contribution in [0.25, 0.3) is 0 Å². The van der Waals surface area contributed by atoms with Crippen LogP contribution in [0.15, 0.2) is 54.6 Å². The molecular weight excluding hydrogens is 931 g/mol. The fourth-order valence-electron chi connectivity index (χ4n) is 7.17. The number of carbonyl (C=O) groups is 4. The number of piperidine rings is 1. The Morgan fingerprint density at radius 1 is 0.691 bits per heavy atom. The number of hydrogen-bond acceptors (Lipinski definition) is 17. The minimum Gasteiger partial charge on any atom is -0.497 e. The molecule has 2 aliphatic heterocycles. The molecule has 0 bridgehead atoms. The van der Waals surface area contributed by atoms with Gasteiger partial charge in [-0.05, 0) is 88.1 Å². The van der Waals surface area contributed by atoms with E-state index in [0.29, 0.717) is 54.4 Å². The van der Waals surface area contributed by atoms with E-state index in [4.69, 9.17) is 14.2 Å². The van der Waals surface area contributed by atoms with Crippen molar-refractivity contribution in [2.24, 2.45) is 11.8 Å². The van der Waals surface area contributed by atoms with Crippen LogP contribution in [0.4, 0.5) is 20.4 Å². The molecule has 68 heavy (non-hydrogen) atoms. The third-order valence-electron chi connectivity index (χ3n) is 10.7. The number of ether oxygens (including phenoxy) is 3. The minimum atomic E-state index is -4.13. The van der Waals surface area contributed by atoms with Crippen molar-refractivity contribution < 1.29 is 59.0 Å². The minimum absolute atomic E-state index is 0.00976. The number of hydrogen-bond donors (Lipinski definition) is 2. The first-order chi connectivity index (χ1) is 32.2.